The molecule has 0 fully saturated rings. The van der Waals surface area contributed by atoms with Gasteiger partial charge in [-0.15, -0.1) is 0 Å². The molecule has 1 unspecified atom stereocenters. The van der Waals surface area contributed by atoms with E-state index in [1.54, 1.807) is 0 Å². The average Bonchev–Trinajstić information content (AvgIpc) is 1.62. The van der Waals surface area contributed by atoms with Gasteiger partial charge in [-0.1, -0.05) is 20.8 Å². The van der Waals surface area contributed by atoms with E-state index in [0.29, 0.717) is 0 Å². The molecule has 0 amide bonds. The summed E-state index contributed by atoms with van der Waals surface area (Å²) >= 11 is 0. The van der Waals surface area contributed by atoms with Gasteiger partial charge in [0.25, 0.3) is 0 Å². The van der Waals surface area contributed by atoms with Crippen LogP contribution >= 0.6 is 0 Å². The molecule has 0 aromatic rings. The van der Waals surface area contributed by atoms with Gasteiger partial charge in [-0.05, 0) is 26.4 Å². The zero-order chi connectivity index (χ0) is 8.58. The van der Waals surface area contributed by atoms with E-state index in [-0.39, 0.29) is 11.1 Å². The van der Waals surface area contributed by atoms with Crippen molar-refractivity contribution in [3.8, 4) is 0 Å². The summed E-state index contributed by atoms with van der Waals surface area (Å²) < 4.78 is 0. The second-order valence-corrected chi connectivity index (χ2v) is 4.29. The van der Waals surface area contributed by atoms with E-state index in [2.05, 4.69) is 20.8 Å². The first-order valence-electron chi connectivity index (χ1n) is 3.66. The van der Waals surface area contributed by atoms with E-state index >= 15 is 0 Å². The standard InChI is InChI=1S/C8H20N2/c1-7(2,3)8(4,9)10(5)6/h9H2,1-6H3. The number of hydrogen-bond acceptors (Lipinski definition) is 2. The largest absolute Gasteiger partial charge is 0.313 e. The van der Waals surface area contributed by atoms with E-state index < -0.39 is 0 Å². The van der Waals surface area contributed by atoms with Crippen molar-refractivity contribution in [1.82, 2.24) is 4.90 Å². The maximum Gasteiger partial charge on any atom is 0.0702 e. The van der Waals surface area contributed by atoms with Crippen LogP contribution in [0.5, 0.6) is 0 Å². The lowest BCUT2D eigenvalue weighted by atomic mass is 9.81. The van der Waals surface area contributed by atoms with Crippen molar-refractivity contribution in [3.63, 3.8) is 0 Å². The molecule has 0 aromatic heterocycles. The highest BCUT2D eigenvalue weighted by molar-refractivity contribution is 4.87. The molecule has 0 rings (SSSR count). The summed E-state index contributed by atoms with van der Waals surface area (Å²) in [6, 6.07) is 0. The predicted molar refractivity (Wildman–Crippen MR) is 45.7 cm³/mol. The van der Waals surface area contributed by atoms with Crippen molar-refractivity contribution in [1.29, 1.82) is 0 Å². The van der Waals surface area contributed by atoms with Crippen LogP contribution in [0.3, 0.4) is 0 Å². The van der Waals surface area contributed by atoms with Gasteiger partial charge in [-0.2, -0.15) is 0 Å². The van der Waals surface area contributed by atoms with Crippen LogP contribution in [-0.2, 0) is 0 Å². The monoisotopic (exact) mass is 144 g/mol. The fourth-order valence-corrected chi connectivity index (χ4v) is 0.671. The Morgan fingerprint density at radius 3 is 1.30 bits per heavy atom. The Balaban J connectivity index is 4.40. The number of nitrogens with two attached hydrogens (primary N) is 1. The van der Waals surface area contributed by atoms with Gasteiger partial charge in [0.2, 0.25) is 0 Å². The topological polar surface area (TPSA) is 29.3 Å². The van der Waals surface area contributed by atoms with Crippen LogP contribution in [0, 0.1) is 5.41 Å². The predicted octanol–water partition coefficient (Wildman–Crippen LogP) is 1.27. The number of hydrogen-bond donors (Lipinski definition) is 1. The van der Waals surface area contributed by atoms with Gasteiger partial charge in [0, 0.05) is 0 Å². The molecule has 2 heteroatoms. The lowest BCUT2D eigenvalue weighted by Gasteiger charge is -2.43. The summed E-state index contributed by atoms with van der Waals surface area (Å²) in [6.07, 6.45) is 0. The minimum atomic E-state index is -0.229. The fraction of sp³-hybridized carbons (Fsp3) is 1.00. The van der Waals surface area contributed by atoms with E-state index in [9.17, 15) is 0 Å². The van der Waals surface area contributed by atoms with Crippen LogP contribution in [0.25, 0.3) is 0 Å². The molecule has 0 aliphatic rings. The van der Waals surface area contributed by atoms with Gasteiger partial charge < -0.3 is 5.73 Å². The Hall–Kier alpha value is -0.0800. The molecule has 10 heavy (non-hydrogen) atoms. The zero-order valence-electron chi connectivity index (χ0n) is 8.02. The lowest BCUT2D eigenvalue weighted by Crippen LogP contribution is -2.58. The van der Waals surface area contributed by atoms with Gasteiger partial charge in [0.15, 0.2) is 0 Å². The Morgan fingerprint density at radius 1 is 1.00 bits per heavy atom. The second kappa shape index (κ2) is 2.51. The maximum atomic E-state index is 6.06. The van der Waals surface area contributed by atoms with Crippen LogP contribution in [0.15, 0.2) is 0 Å². The van der Waals surface area contributed by atoms with Crippen LogP contribution in [-0.4, -0.2) is 24.7 Å². The first-order valence-corrected chi connectivity index (χ1v) is 3.66. The zero-order valence-corrected chi connectivity index (χ0v) is 8.02. The Morgan fingerprint density at radius 2 is 1.30 bits per heavy atom. The van der Waals surface area contributed by atoms with Crippen molar-refractivity contribution in [2.45, 2.75) is 33.4 Å². The van der Waals surface area contributed by atoms with E-state index in [0.717, 1.165) is 0 Å². The summed E-state index contributed by atoms with van der Waals surface area (Å²) in [5.41, 5.74) is 5.95. The molecule has 0 saturated carbocycles. The third-order valence-corrected chi connectivity index (χ3v) is 2.45. The number of rotatable bonds is 1. The van der Waals surface area contributed by atoms with Crippen molar-refractivity contribution in [2.75, 3.05) is 14.1 Å². The third-order valence-electron chi connectivity index (χ3n) is 2.45. The highest BCUT2D eigenvalue weighted by Crippen LogP contribution is 2.28. The summed E-state index contributed by atoms with van der Waals surface area (Å²) in [5.74, 6) is 0. The molecular formula is C8H20N2. The summed E-state index contributed by atoms with van der Waals surface area (Å²) in [6.45, 7) is 8.49. The molecular weight excluding hydrogens is 124 g/mol. The molecule has 0 aliphatic heterocycles. The van der Waals surface area contributed by atoms with Gasteiger partial charge in [0.1, 0.15) is 0 Å². The van der Waals surface area contributed by atoms with E-state index in [1.807, 2.05) is 25.9 Å². The summed E-state index contributed by atoms with van der Waals surface area (Å²) in [4.78, 5) is 2.05. The van der Waals surface area contributed by atoms with Crippen molar-refractivity contribution >= 4 is 0 Å². The Labute approximate surface area is 64.4 Å². The first-order chi connectivity index (χ1) is 4.19. The molecule has 0 aromatic carbocycles. The smallest absolute Gasteiger partial charge is 0.0702 e. The quantitative estimate of drug-likeness (QED) is 0.561. The molecule has 0 radical (unpaired) electrons. The number of nitrogens with zero attached hydrogens (tertiary/aromatic N) is 1. The van der Waals surface area contributed by atoms with E-state index in [1.165, 1.54) is 0 Å². The SMILES string of the molecule is CN(C)C(C)(N)C(C)(C)C. The molecule has 2 nitrogen and oxygen atoms in total. The second-order valence-electron chi connectivity index (χ2n) is 4.29. The molecule has 1 atom stereocenters. The highest BCUT2D eigenvalue weighted by atomic mass is 15.2. The third kappa shape index (κ3) is 1.70. The van der Waals surface area contributed by atoms with E-state index in [4.69, 9.17) is 5.73 Å². The molecule has 0 aliphatic carbocycles. The fourth-order valence-electron chi connectivity index (χ4n) is 0.671. The summed E-state index contributed by atoms with van der Waals surface area (Å²) in [5, 5.41) is 0. The Bertz CT molecular complexity index is 109. The lowest BCUT2D eigenvalue weighted by molar-refractivity contribution is 0.0530. The van der Waals surface area contributed by atoms with Gasteiger partial charge in [-0.25, -0.2) is 0 Å². The van der Waals surface area contributed by atoms with Crippen LogP contribution in [0.1, 0.15) is 27.7 Å². The molecule has 0 spiro atoms. The molecule has 0 heterocycles. The first kappa shape index (κ1) is 9.92. The van der Waals surface area contributed by atoms with Crippen molar-refractivity contribution in [3.05, 3.63) is 0 Å². The van der Waals surface area contributed by atoms with Crippen LogP contribution < -0.4 is 5.73 Å². The molecule has 2 N–H and O–H groups in total. The maximum absolute atomic E-state index is 6.06. The normalized spacial score (nSPS) is 19.2. The van der Waals surface area contributed by atoms with Gasteiger partial charge in [-0.3, -0.25) is 4.90 Å². The van der Waals surface area contributed by atoms with Crippen molar-refractivity contribution in [2.24, 2.45) is 11.1 Å². The van der Waals surface area contributed by atoms with Crippen LogP contribution in [0.2, 0.25) is 0 Å². The van der Waals surface area contributed by atoms with Gasteiger partial charge >= 0.3 is 0 Å². The van der Waals surface area contributed by atoms with Crippen molar-refractivity contribution < 1.29 is 0 Å². The highest BCUT2D eigenvalue weighted by Gasteiger charge is 2.35. The molecule has 62 valence electrons. The van der Waals surface area contributed by atoms with Gasteiger partial charge in [0.05, 0.1) is 5.66 Å². The summed E-state index contributed by atoms with van der Waals surface area (Å²) in [7, 11) is 4.01. The minimum absolute atomic E-state index is 0.122. The average molecular weight is 144 g/mol. The molecule has 0 saturated heterocycles. The Kier molecular flexibility index (Phi) is 2.49. The molecule has 0 bridgehead atoms. The minimum Gasteiger partial charge on any atom is -0.313 e. The van der Waals surface area contributed by atoms with Crippen LogP contribution in [0.4, 0.5) is 0 Å².